The molecule has 0 aliphatic carbocycles. The number of benzene rings is 1. The molecule has 0 radical (unpaired) electrons. The van der Waals surface area contributed by atoms with Gasteiger partial charge in [0.05, 0.1) is 18.9 Å². The van der Waals surface area contributed by atoms with Crippen LogP contribution in [0.5, 0.6) is 0 Å². The summed E-state index contributed by atoms with van der Waals surface area (Å²) in [5.41, 5.74) is 0.869. The van der Waals surface area contributed by atoms with Gasteiger partial charge in [0.1, 0.15) is 5.25 Å². The van der Waals surface area contributed by atoms with E-state index >= 15 is 0 Å². The molecule has 0 aliphatic rings. The molecule has 2 unspecified atom stereocenters. The van der Waals surface area contributed by atoms with Gasteiger partial charge < -0.3 is 10.1 Å². The molecule has 0 spiro atoms. The average molecular weight is 316 g/mol. The minimum Gasteiger partial charge on any atom is -0.468 e. The molecule has 0 saturated heterocycles. The molecular weight excluding hydrogens is 298 g/mol. The fourth-order valence-corrected chi connectivity index (χ4v) is 2.64. The summed E-state index contributed by atoms with van der Waals surface area (Å²) in [4.78, 5) is 23.0. The second-order valence-corrected chi connectivity index (χ2v) is 6.02. The molecule has 1 amide bonds. The van der Waals surface area contributed by atoms with Crippen LogP contribution in [0.1, 0.15) is 25.5 Å². The van der Waals surface area contributed by atoms with Crippen LogP contribution in [0.25, 0.3) is 0 Å². The maximum atomic E-state index is 11.8. The number of esters is 1. The molecule has 2 atom stereocenters. The van der Waals surface area contributed by atoms with Crippen LogP contribution in [-0.4, -0.2) is 30.0 Å². The van der Waals surface area contributed by atoms with E-state index in [9.17, 15) is 9.59 Å². The van der Waals surface area contributed by atoms with Gasteiger partial charge in [-0.3, -0.25) is 9.59 Å². The van der Waals surface area contributed by atoms with Crippen LogP contribution in [0.4, 0.5) is 0 Å². The number of halogens is 1. The Labute approximate surface area is 128 Å². The molecule has 110 valence electrons. The first-order chi connectivity index (χ1) is 9.45. The molecule has 0 heterocycles. The lowest BCUT2D eigenvalue weighted by Crippen LogP contribution is -2.29. The van der Waals surface area contributed by atoms with Gasteiger partial charge in [-0.1, -0.05) is 29.8 Å². The first kappa shape index (κ1) is 16.9. The number of carbonyl (C=O) groups excluding carboxylic acids is 2. The number of thioether (sulfide) groups is 1. The van der Waals surface area contributed by atoms with Crippen molar-refractivity contribution in [1.82, 2.24) is 5.32 Å². The van der Waals surface area contributed by atoms with Crippen LogP contribution in [0.3, 0.4) is 0 Å². The Kier molecular flexibility index (Phi) is 6.88. The second kappa shape index (κ2) is 8.17. The standard InChI is InChI=1S/C14H18ClNO3S/c1-9(11-6-4-5-7-12(11)15)16-13(17)8-20-10(2)14(18)19-3/h4-7,9-10H,8H2,1-3H3,(H,16,17). The predicted molar refractivity (Wildman–Crippen MR) is 81.9 cm³/mol. The largest absolute Gasteiger partial charge is 0.468 e. The summed E-state index contributed by atoms with van der Waals surface area (Å²) in [7, 11) is 1.33. The first-order valence-corrected chi connectivity index (χ1v) is 7.61. The quantitative estimate of drug-likeness (QED) is 0.820. The Morgan fingerprint density at radius 1 is 1.35 bits per heavy atom. The molecule has 1 rings (SSSR count). The monoisotopic (exact) mass is 315 g/mol. The smallest absolute Gasteiger partial charge is 0.318 e. The highest BCUT2D eigenvalue weighted by Gasteiger charge is 2.17. The van der Waals surface area contributed by atoms with E-state index in [4.69, 9.17) is 11.6 Å². The van der Waals surface area contributed by atoms with E-state index in [0.29, 0.717) is 5.02 Å². The Bertz CT molecular complexity index is 481. The summed E-state index contributed by atoms with van der Waals surface area (Å²) < 4.78 is 4.60. The van der Waals surface area contributed by atoms with Gasteiger partial charge >= 0.3 is 5.97 Å². The third-order valence-electron chi connectivity index (χ3n) is 2.75. The van der Waals surface area contributed by atoms with Crippen molar-refractivity contribution in [2.75, 3.05) is 12.9 Å². The van der Waals surface area contributed by atoms with Gasteiger partial charge in [0, 0.05) is 5.02 Å². The highest BCUT2D eigenvalue weighted by molar-refractivity contribution is 8.01. The van der Waals surface area contributed by atoms with Crippen molar-refractivity contribution in [1.29, 1.82) is 0 Å². The minimum atomic E-state index is -0.360. The predicted octanol–water partition coefficient (Wildman–Crippen LogP) is 2.81. The van der Waals surface area contributed by atoms with Gasteiger partial charge in [-0.2, -0.15) is 0 Å². The number of hydrogen-bond acceptors (Lipinski definition) is 4. The van der Waals surface area contributed by atoms with Crippen LogP contribution in [0, 0.1) is 0 Å². The summed E-state index contributed by atoms with van der Waals surface area (Å²) in [5, 5.41) is 3.11. The van der Waals surface area contributed by atoms with E-state index in [-0.39, 0.29) is 28.9 Å². The second-order valence-electron chi connectivity index (χ2n) is 4.29. The maximum absolute atomic E-state index is 11.8. The molecule has 0 fully saturated rings. The average Bonchev–Trinajstić information content (AvgIpc) is 2.44. The molecule has 0 aromatic heterocycles. The fourth-order valence-electron chi connectivity index (χ4n) is 1.62. The van der Waals surface area contributed by atoms with Crippen molar-refractivity contribution >= 4 is 35.2 Å². The number of amides is 1. The highest BCUT2D eigenvalue weighted by atomic mass is 35.5. The van der Waals surface area contributed by atoms with Gasteiger partial charge in [-0.05, 0) is 25.5 Å². The maximum Gasteiger partial charge on any atom is 0.318 e. The van der Waals surface area contributed by atoms with Gasteiger partial charge in [0.15, 0.2) is 0 Å². The minimum absolute atomic E-state index is 0.141. The lowest BCUT2D eigenvalue weighted by molar-refractivity contribution is -0.139. The van der Waals surface area contributed by atoms with Crippen molar-refractivity contribution in [3.05, 3.63) is 34.9 Å². The molecule has 1 aromatic carbocycles. The fraction of sp³-hybridized carbons (Fsp3) is 0.429. The van der Waals surface area contributed by atoms with Crippen LogP contribution in [-0.2, 0) is 14.3 Å². The summed E-state index contributed by atoms with van der Waals surface area (Å²) >= 11 is 7.31. The number of hydrogen-bond donors (Lipinski definition) is 1. The zero-order chi connectivity index (χ0) is 15.1. The van der Waals surface area contributed by atoms with E-state index in [1.807, 2.05) is 25.1 Å². The Balaban J connectivity index is 2.47. The van der Waals surface area contributed by atoms with Crippen molar-refractivity contribution in [3.63, 3.8) is 0 Å². The molecule has 0 bridgehead atoms. The topological polar surface area (TPSA) is 55.4 Å². The summed E-state index contributed by atoms with van der Waals surface area (Å²) in [6.45, 7) is 3.58. The van der Waals surface area contributed by atoms with Crippen molar-refractivity contribution in [2.45, 2.75) is 25.1 Å². The molecule has 0 aliphatic heterocycles. The first-order valence-electron chi connectivity index (χ1n) is 6.19. The normalized spacial score (nSPS) is 13.4. The molecular formula is C14H18ClNO3S. The number of methoxy groups -OCH3 is 1. The Morgan fingerprint density at radius 3 is 2.60 bits per heavy atom. The number of carbonyl (C=O) groups is 2. The number of ether oxygens (including phenoxy) is 1. The number of rotatable bonds is 6. The van der Waals surface area contributed by atoms with Crippen LogP contribution in [0.15, 0.2) is 24.3 Å². The van der Waals surface area contributed by atoms with Crippen molar-refractivity contribution in [2.24, 2.45) is 0 Å². The van der Waals surface area contributed by atoms with E-state index in [1.165, 1.54) is 18.9 Å². The molecule has 0 saturated carbocycles. The zero-order valence-electron chi connectivity index (χ0n) is 11.7. The van der Waals surface area contributed by atoms with Crippen LogP contribution in [0.2, 0.25) is 5.02 Å². The van der Waals surface area contributed by atoms with Gasteiger partial charge in [-0.15, -0.1) is 11.8 Å². The summed E-state index contributed by atoms with van der Waals surface area (Å²) in [5.74, 6) is -0.273. The van der Waals surface area contributed by atoms with Gasteiger partial charge in [0.2, 0.25) is 5.91 Å². The van der Waals surface area contributed by atoms with Crippen molar-refractivity contribution in [3.8, 4) is 0 Å². The third-order valence-corrected chi connectivity index (χ3v) is 4.21. The zero-order valence-corrected chi connectivity index (χ0v) is 13.3. The molecule has 6 heteroatoms. The molecule has 4 nitrogen and oxygen atoms in total. The van der Waals surface area contributed by atoms with E-state index in [1.54, 1.807) is 13.0 Å². The SMILES string of the molecule is COC(=O)C(C)SCC(=O)NC(C)c1ccccc1Cl. The Hall–Kier alpha value is -1.20. The van der Waals surface area contributed by atoms with E-state index in [0.717, 1.165) is 5.56 Å². The molecule has 1 aromatic rings. The molecule has 20 heavy (non-hydrogen) atoms. The van der Waals surface area contributed by atoms with E-state index < -0.39 is 0 Å². The summed E-state index contributed by atoms with van der Waals surface area (Å²) in [6, 6.07) is 7.20. The highest BCUT2D eigenvalue weighted by Crippen LogP contribution is 2.22. The third kappa shape index (κ3) is 5.06. The summed E-state index contributed by atoms with van der Waals surface area (Å²) in [6.07, 6.45) is 0. The molecule has 1 N–H and O–H groups in total. The lowest BCUT2D eigenvalue weighted by atomic mass is 10.1. The Morgan fingerprint density at radius 2 is 2.00 bits per heavy atom. The van der Waals surface area contributed by atoms with Crippen LogP contribution >= 0.6 is 23.4 Å². The van der Waals surface area contributed by atoms with Crippen LogP contribution < -0.4 is 5.32 Å². The lowest BCUT2D eigenvalue weighted by Gasteiger charge is -2.16. The van der Waals surface area contributed by atoms with Gasteiger partial charge in [0.25, 0.3) is 0 Å². The van der Waals surface area contributed by atoms with E-state index in [2.05, 4.69) is 10.1 Å². The number of nitrogens with one attached hydrogen (secondary N) is 1. The van der Waals surface area contributed by atoms with Crippen molar-refractivity contribution < 1.29 is 14.3 Å². The van der Waals surface area contributed by atoms with Gasteiger partial charge in [-0.25, -0.2) is 0 Å².